The van der Waals surface area contributed by atoms with Gasteiger partial charge >= 0.3 is 0 Å². The lowest BCUT2D eigenvalue weighted by Crippen LogP contribution is -2.41. The van der Waals surface area contributed by atoms with E-state index in [0.717, 1.165) is 104 Å². The fourth-order valence-corrected chi connectivity index (χ4v) is 10.2. The van der Waals surface area contributed by atoms with E-state index in [1.807, 2.05) is 42.5 Å². The first-order chi connectivity index (χ1) is 23.1. The maximum absolute atomic E-state index is 14.8. The van der Waals surface area contributed by atoms with Gasteiger partial charge in [-0.2, -0.15) is 0 Å². The third-order valence-electron chi connectivity index (χ3n) is 11.4. The van der Waals surface area contributed by atoms with Crippen LogP contribution in [0.2, 0.25) is 0 Å². The number of aromatic amines is 1. The summed E-state index contributed by atoms with van der Waals surface area (Å²) in [4.78, 5) is 42.6. The Bertz CT molecular complexity index is 2140. The standard InChI is InChI=1S/C40H38N4O2S/c45-36-32-34(29-17-7-5-13-26(29)23-39(32)19-9-2-10-20-39)41-31(42-36)25-47-38-43-35-30-18-8-6-14-27(30)24-40(21-11-12-22-40)33(35)37(46)44(38)28-15-3-1-4-16-28/h1,3-8,13-18H,2,9-12,19-25H2,(H,41,42,45). The van der Waals surface area contributed by atoms with Gasteiger partial charge in [0.2, 0.25) is 0 Å². The summed E-state index contributed by atoms with van der Waals surface area (Å²) in [5.41, 5.74) is 8.60. The molecule has 9 rings (SSSR count). The van der Waals surface area contributed by atoms with Crippen LogP contribution in [0.5, 0.6) is 0 Å². The van der Waals surface area contributed by atoms with Crippen molar-refractivity contribution in [2.24, 2.45) is 0 Å². The Morgan fingerprint density at radius 1 is 0.660 bits per heavy atom. The quantitative estimate of drug-likeness (QED) is 0.159. The van der Waals surface area contributed by atoms with Crippen molar-refractivity contribution in [1.29, 1.82) is 0 Å². The van der Waals surface area contributed by atoms with Crippen LogP contribution in [0.15, 0.2) is 93.6 Å². The Morgan fingerprint density at radius 3 is 1.87 bits per heavy atom. The Labute approximate surface area is 278 Å². The predicted molar refractivity (Wildman–Crippen MR) is 187 cm³/mol. The van der Waals surface area contributed by atoms with Crippen LogP contribution in [0.1, 0.15) is 85.9 Å². The lowest BCUT2D eigenvalue weighted by atomic mass is 9.62. The van der Waals surface area contributed by atoms with Gasteiger partial charge in [0.1, 0.15) is 5.82 Å². The highest BCUT2D eigenvalue weighted by Gasteiger charge is 2.45. The number of hydrogen-bond acceptors (Lipinski definition) is 5. The Morgan fingerprint density at radius 2 is 1.21 bits per heavy atom. The summed E-state index contributed by atoms with van der Waals surface area (Å²) < 4.78 is 1.81. The number of rotatable bonds is 4. The number of para-hydroxylation sites is 1. The molecule has 0 radical (unpaired) electrons. The van der Waals surface area contributed by atoms with Crippen LogP contribution < -0.4 is 11.1 Å². The molecule has 2 spiro atoms. The van der Waals surface area contributed by atoms with Crippen molar-refractivity contribution in [3.05, 3.63) is 128 Å². The van der Waals surface area contributed by atoms with Gasteiger partial charge in [0, 0.05) is 22.0 Å². The highest BCUT2D eigenvalue weighted by atomic mass is 32.2. The molecule has 2 heterocycles. The van der Waals surface area contributed by atoms with Crippen LogP contribution in [0.4, 0.5) is 0 Å². The van der Waals surface area contributed by atoms with E-state index in [0.29, 0.717) is 16.7 Å². The maximum Gasteiger partial charge on any atom is 0.263 e. The molecule has 0 atom stereocenters. The molecule has 0 saturated heterocycles. The average Bonchev–Trinajstić information content (AvgIpc) is 3.56. The highest BCUT2D eigenvalue weighted by Crippen LogP contribution is 2.51. The third-order valence-corrected chi connectivity index (χ3v) is 12.4. The summed E-state index contributed by atoms with van der Waals surface area (Å²) in [6.07, 6.45) is 11.6. The molecule has 4 aliphatic carbocycles. The molecule has 1 N–H and O–H groups in total. The summed E-state index contributed by atoms with van der Waals surface area (Å²) in [6.45, 7) is 0. The minimum atomic E-state index is -0.179. The summed E-state index contributed by atoms with van der Waals surface area (Å²) in [6, 6.07) is 26.8. The molecule has 0 aliphatic heterocycles. The van der Waals surface area contributed by atoms with Gasteiger partial charge in [0.05, 0.1) is 34.0 Å². The first-order valence-corrected chi connectivity index (χ1v) is 18.2. The van der Waals surface area contributed by atoms with Gasteiger partial charge in [-0.1, -0.05) is 111 Å². The van der Waals surface area contributed by atoms with E-state index in [9.17, 15) is 9.59 Å². The van der Waals surface area contributed by atoms with Crippen LogP contribution >= 0.6 is 11.8 Å². The molecule has 4 aliphatic rings. The molecule has 7 heteroatoms. The molecular weight excluding hydrogens is 601 g/mol. The van der Waals surface area contributed by atoms with E-state index in [-0.39, 0.29) is 21.9 Å². The van der Waals surface area contributed by atoms with Crippen molar-refractivity contribution in [3.8, 4) is 28.2 Å². The van der Waals surface area contributed by atoms with Gasteiger partial charge in [-0.05, 0) is 61.8 Å². The molecular formula is C40H38N4O2S. The number of aromatic nitrogens is 4. The topological polar surface area (TPSA) is 80.6 Å². The fraction of sp³-hybridized carbons (Fsp3) is 0.350. The zero-order valence-electron chi connectivity index (χ0n) is 26.6. The Balaban J connectivity index is 1.18. The monoisotopic (exact) mass is 638 g/mol. The van der Waals surface area contributed by atoms with E-state index < -0.39 is 0 Å². The molecule has 0 amide bonds. The number of thioether (sulfide) groups is 1. The van der Waals surface area contributed by atoms with Crippen molar-refractivity contribution >= 4 is 11.8 Å². The summed E-state index contributed by atoms with van der Waals surface area (Å²) in [7, 11) is 0. The van der Waals surface area contributed by atoms with Crippen LogP contribution in [-0.4, -0.2) is 19.5 Å². The number of benzene rings is 3. The zero-order valence-corrected chi connectivity index (χ0v) is 27.4. The molecule has 2 fully saturated rings. The van der Waals surface area contributed by atoms with E-state index in [4.69, 9.17) is 9.97 Å². The second-order valence-electron chi connectivity index (χ2n) is 14.1. The van der Waals surface area contributed by atoms with Gasteiger partial charge in [-0.3, -0.25) is 14.2 Å². The lowest BCUT2D eigenvalue weighted by molar-refractivity contribution is 0.285. The van der Waals surface area contributed by atoms with Crippen molar-refractivity contribution < 1.29 is 0 Å². The number of nitrogens with one attached hydrogen (secondary N) is 1. The second-order valence-corrected chi connectivity index (χ2v) is 15.1. The van der Waals surface area contributed by atoms with Gasteiger partial charge in [0.15, 0.2) is 5.16 Å². The molecule has 0 bridgehead atoms. The van der Waals surface area contributed by atoms with Crippen molar-refractivity contribution in [1.82, 2.24) is 19.5 Å². The van der Waals surface area contributed by atoms with E-state index in [2.05, 4.69) is 41.4 Å². The van der Waals surface area contributed by atoms with E-state index >= 15 is 0 Å². The number of H-pyrrole nitrogens is 1. The molecule has 5 aromatic rings. The normalized spacial score (nSPS) is 18.4. The fourth-order valence-electron chi connectivity index (χ4n) is 9.33. The van der Waals surface area contributed by atoms with Crippen LogP contribution in [0, 0.1) is 0 Å². The van der Waals surface area contributed by atoms with Gasteiger partial charge in [-0.25, -0.2) is 9.97 Å². The Hall–Kier alpha value is -4.23. The third kappa shape index (κ3) is 4.61. The van der Waals surface area contributed by atoms with Crippen molar-refractivity contribution in [3.63, 3.8) is 0 Å². The average molecular weight is 639 g/mol. The number of hydrogen-bond donors (Lipinski definition) is 1. The van der Waals surface area contributed by atoms with Gasteiger partial charge in [0.25, 0.3) is 11.1 Å². The highest BCUT2D eigenvalue weighted by molar-refractivity contribution is 7.98. The molecule has 236 valence electrons. The largest absolute Gasteiger partial charge is 0.310 e. The minimum absolute atomic E-state index is 0.0158. The van der Waals surface area contributed by atoms with Crippen molar-refractivity contribution in [2.45, 2.75) is 92.4 Å². The smallest absolute Gasteiger partial charge is 0.263 e. The summed E-state index contributed by atoms with van der Waals surface area (Å²) >= 11 is 1.47. The second kappa shape index (κ2) is 11.2. The lowest BCUT2D eigenvalue weighted by Gasteiger charge is -2.41. The zero-order chi connectivity index (χ0) is 31.6. The molecule has 6 nitrogen and oxygen atoms in total. The summed E-state index contributed by atoms with van der Waals surface area (Å²) in [5.74, 6) is 1.00. The molecule has 47 heavy (non-hydrogen) atoms. The van der Waals surface area contributed by atoms with E-state index in [1.54, 1.807) is 4.57 Å². The van der Waals surface area contributed by atoms with Gasteiger partial charge < -0.3 is 4.98 Å². The molecule has 0 unspecified atom stereocenters. The maximum atomic E-state index is 14.8. The molecule has 2 saturated carbocycles. The van der Waals surface area contributed by atoms with Crippen LogP contribution in [-0.2, 0) is 29.4 Å². The first kappa shape index (κ1) is 29.0. The van der Waals surface area contributed by atoms with Crippen molar-refractivity contribution in [2.75, 3.05) is 0 Å². The molecule has 2 aromatic heterocycles. The number of nitrogens with zero attached hydrogens (tertiary/aromatic N) is 3. The minimum Gasteiger partial charge on any atom is -0.310 e. The number of fused-ring (bicyclic) bond motifs is 8. The first-order valence-electron chi connectivity index (χ1n) is 17.2. The SMILES string of the molecule is O=c1[nH]c(CSc2nc3c(c(=O)n2-c2ccccc2)C2(CCCC2)Cc2ccccc2-3)nc2c1C1(CCCCC1)Cc1ccccc1-2. The van der Waals surface area contributed by atoms with Crippen LogP contribution in [0.25, 0.3) is 28.2 Å². The van der Waals surface area contributed by atoms with Gasteiger partial charge in [-0.15, -0.1) is 0 Å². The predicted octanol–water partition coefficient (Wildman–Crippen LogP) is 8.07. The van der Waals surface area contributed by atoms with Crippen LogP contribution in [0.3, 0.4) is 0 Å². The Kier molecular flexibility index (Phi) is 6.89. The van der Waals surface area contributed by atoms with E-state index in [1.165, 1.54) is 29.3 Å². The molecule has 3 aromatic carbocycles. The summed E-state index contributed by atoms with van der Waals surface area (Å²) in [5, 5.41) is 0.620.